The average Bonchev–Trinajstić information content (AvgIpc) is 3.46. The first-order valence-corrected chi connectivity index (χ1v) is 10.4. The minimum atomic E-state index is -0.440. The van der Waals surface area contributed by atoms with Crippen LogP contribution in [0.2, 0.25) is 0 Å². The van der Waals surface area contributed by atoms with Gasteiger partial charge in [-0.15, -0.1) is 0 Å². The Morgan fingerprint density at radius 3 is 2.45 bits per heavy atom. The van der Waals surface area contributed by atoms with E-state index in [0.717, 1.165) is 22.8 Å². The lowest BCUT2D eigenvalue weighted by molar-refractivity contribution is -0.0732. The number of aliphatic hydroxyl groups excluding tert-OH is 1. The van der Waals surface area contributed by atoms with E-state index in [4.69, 9.17) is 18.9 Å². The minimum absolute atomic E-state index is 0.115. The zero-order valence-corrected chi connectivity index (χ0v) is 16.3. The average molecular weight is 394 g/mol. The van der Waals surface area contributed by atoms with Crippen molar-refractivity contribution >= 4 is 0 Å². The Kier molecular flexibility index (Phi) is 5.17. The van der Waals surface area contributed by atoms with E-state index in [-0.39, 0.29) is 25.6 Å². The molecule has 0 saturated heterocycles. The Morgan fingerprint density at radius 1 is 0.897 bits per heavy atom. The predicted octanol–water partition coefficient (Wildman–Crippen LogP) is 4.51. The zero-order chi connectivity index (χ0) is 19.6. The van der Waals surface area contributed by atoms with Gasteiger partial charge >= 0.3 is 0 Å². The molecule has 2 heterocycles. The third-order valence-corrected chi connectivity index (χ3v) is 6.05. The van der Waals surface area contributed by atoms with E-state index >= 15 is 0 Å². The molecule has 1 aliphatic carbocycles. The molecule has 0 amide bonds. The molecule has 2 aromatic rings. The Hall–Kier alpha value is -2.50. The third-order valence-electron chi connectivity index (χ3n) is 6.05. The van der Waals surface area contributed by atoms with Crippen LogP contribution in [0.1, 0.15) is 48.8 Å². The van der Waals surface area contributed by atoms with Crippen LogP contribution in [0.25, 0.3) is 0 Å². The van der Waals surface area contributed by atoms with Crippen LogP contribution in [0, 0.1) is 0 Å². The molecule has 3 aliphatic rings. The third kappa shape index (κ3) is 3.85. The predicted molar refractivity (Wildman–Crippen MR) is 108 cm³/mol. The number of hydrogen-bond donors (Lipinski definition) is 1. The molecule has 0 spiro atoms. The molecule has 5 rings (SSSR count). The Morgan fingerprint density at radius 2 is 1.66 bits per heavy atom. The summed E-state index contributed by atoms with van der Waals surface area (Å²) in [5.74, 6) is 2.95. The molecule has 0 radical (unpaired) electrons. The van der Waals surface area contributed by atoms with Gasteiger partial charge in [-0.1, -0.05) is 37.1 Å². The monoisotopic (exact) mass is 394 g/mol. The van der Waals surface area contributed by atoms with Crippen molar-refractivity contribution in [2.75, 3.05) is 13.4 Å². The lowest BCUT2D eigenvalue weighted by Crippen LogP contribution is -2.39. The van der Waals surface area contributed by atoms with Crippen molar-refractivity contribution in [3.63, 3.8) is 0 Å². The van der Waals surface area contributed by atoms with Crippen molar-refractivity contribution in [3.8, 4) is 17.2 Å². The zero-order valence-electron chi connectivity index (χ0n) is 16.3. The van der Waals surface area contributed by atoms with Gasteiger partial charge in [-0.05, 0) is 60.2 Å². The molecule has 0 aromatic heterocycles. The molecule has 1 saturated carbocycles. The molecule has 2 aliphatic heterocycles. The Balaban J connectivity index is 1.28. The van der Waals surface area contributed by atoms with E-state index in [2.05, 4.69) is 12.1 Å². The van der Waals surface area contributed by atoms with Crippen LogP contribution in [-0.2, 0) is 4.74 Å². The van der Waals surface area contributed by atoms with Crippen LogP contribution < -0.4 is 14.2 Å². The van der Waals surface area contributed by atoms with Crippen LogP contribution >= 0.6 is 0 Å². The number of ether oxygens (including phenoxy) is 4. The topological polar surface area (TPSA) is 57.2 Å². The van der Waals surface area contributed by atoms with Gasteiger partial charge < -0.3 is 24.1 Å². The first kappa shape index (κ1) is 18.5. The fraction of sp³-hybridized carbons (Fsp3) is 0.417. The summed E-state index contributed by atoms with van der Waals surface area (Å²) in [7, 11) is 0. The summed E-state index contributed by atoms with van der Waals surface area (Å²) in [5, 5.41) is 9.86. The molecule has 0 bridgehead atoms. The Bertz CT molecular complexity index is 869. The van der Waals surface area contributed by atoms with E-state index < -0.39 is 6.10 Å². The maximum atomic E-state index is 9.86. The van der Waals surface area contributed by atoms with E-state index in [0.29, 0.717) is 5.92 Å². The van der Waals surface area contributed by atoms with Crippen LogP contribution in [-0.4, -0.2) is 30.7 Å². The molecule has 5 heteroatoms. The van der Waals surface area contributed by atoms with Gasteiger partial charge in [0.25, 0.3) is 0 Å². The molecule has 1 N–H and O–H groups in total. The summed E-state index contributed by atoms with van der Waals surface area (Å²) in [4.78, 5) is 0. The lowest BCUT2D eigenvalue weighted by Gasteiger charge is -2.32. The second kappa shape index (κ2) is 8.09. The molecule has 3 unspecified atom stereocenters. The molecular weight excluding hydrogens is 368 g/mol. The van der Waals surface area contributed by atoms with E-state index in [1.807, 2.05) is 42.5 Å². The van der Waals surface area contributed by atoms with Crippen molar-refractivity contribution in [2.24, 2.45) is 0 Å². The van der Waals surface area contributed by atoms with Gasteiger partial charge in [0, 0.05) is 0 Å². The van der Waals surface area contributed by atoms with E-state index in [1.165, 1.54) is 31.2 Å². The highest BCUT2D eigenvalue weighted by Crippen LogP contribution is 2.37. The van der Waals surface area contributed by atoms with Gasteiger partial charge in [0.05, 0.1) is 6.61 Å². The van der Waals surface area contributed by atoms with Gasteiger partial charge in [-0.25, -0.2) is 0 Å². The highest BCUT2D eigenvalue weighted by atomic mass is 16.7. The van der Waals surface area contributed by atoms with Crippen LogP contribution in [0.3, 0.4) is 0 Å². The molecule has 2 aromatic carbocycles. The summed E-state index contributed by atoms with van der Waals surface area (Å²) in [6.07, 6.45) is 8.15. The van der Waals surface area contributed by atoms with Crippen molar-refractivity contribution in [1.29, 1.82) is 0 Å². The highest BCUT2D eigenvalue weighted by Gasteiger charge is 2.30. The maximum Gasteiger partial charge on any atom is 0.231 e. The molecular formula is C24H26O5. The van der Waals surface area contributed by atoms with Gasteiger partial charge in [0.15, 0.2) is 11.5 Å². The second-order valence-electron chi connectivity index (χ2n) is 7.91. The van der Waals surface area contributed by atoms with Crippen molar-refractivity contribution in [2.45, 2.75) is 49.9 Å². The summed E-state index contributed by atoms with van der Waals surface area (Å²) < 4.78 is 23.1. The molecule has 5 nitrogen and oxygen atoms in total. The van der Waals surface area contributed by atoms with Gasteiger partial charge in [-0.3, -0.25) is 0 Å². The largest absolute Gasteiger partial charge is 0.484 e. The quantitative estimate of drug-likeness (QED) is 0.757. The SMILES string of the molecule is OCC1OC(c2ccc3c(c2)OCO3)C=CC1Oc1ccc(C2CCCC2)cc1. The van der Waals surface area contributed by atoms with Crippen LogP contribution in [0.5, 0.6) is 17.2 Å². The van der Waals surface area contributed by atoms with Crippen molar-refractivity contribution in [3.05, 3.63) is 65.7 Å². The van der Waals surface area contributed by atoms with E-state index in [1.54, 1.807) is 0 Å². The molecule has 152 valence electrons. The minimum Gasteiger partial charge on any atom is -0.484 e. The summed E-state index contributed by atoms with van der Waals surface area (Å²) in [6, 6.07) is 14.2. The fourth-order valence-corrected chi connectivity index (χ4v) is 4.42. The lowest BCUT2D eigenvalue weighted by atomic mass is 9.98. The molecule has 29 heavy (non-hydrogen) atoms. The first-order chi connectivity index (χ1) is 14.3. The van der Waals surface area contributed by atoms with E-state index in [9.17, 15) is 5.11 Å². The van der Waals surface area contributed by atoms with Crippen LogP contribution in [0.4, 0.5) is 0 Å². The molecule has 3 atom stereocenters. The van der Waals surface area contributed by atoms with Gasteiger partial charge in [-0.2, -0.15) is 0 Å². The molecule has 1 fully saturated rings. The normalized spacial score (nSPS) is 26.0. The maximum absolute atomic E-state index is 9.86. The Labute approximate surface area is 170 Å². The number of benzene rings is 2. The highest BCUT2D eigenvalue weighted by molar-refractivity contribution is 5.46. The van der Waals surface area contributed by atoms with Crippen molar-refractivity contribution in [1.82, 2.24) is 0 Å². The number of rotatable bonds is 5. The second-order valence-corrected chi connectivity index (χ2v) is 7.91. The number of aliphatic hydroxyl groups is 1. The first-order valence-electron chi connectivity index (χ1n) is 10.4. The van der Waals surface area contributed by atoms with Gasteiger partial charge in [0.2, 0.25) is 6.79 Å². The number of hydrogen-bond acceptors (Lipinski definition) is 5. The van der Waals surface area contributed by atoms with Crippen molar-refractivity contribution < 1.29 is 24.1 Å². The summed E-state index contributed by atoms with van der Waals surface area (Å²) in [6.45, 7) is 0.130. The van der Waals surface area contributed by atoms with Crippen LogP contribution in [0.15, 0.2) is 54.6 Å². The summed E-state index contributed by atoms with van der Waals surface area (Å²) in [5.41, 5.74) is 2.36. The summed E-state index contributed by atoms with van der Waals surface area (Å²) >= 11 is 0. The van der Waals surface area contributed by atoms with Gasteiger partial charge in [0.1, 0.15) is 24.1 Å². The number of fused-ring (bicyclic) bond motifs is 1. The standard InChI is InChI=1S/C24H26O5/c25-14-24-22(28-19-8-5-17(6-9-19)16-3-1-2-4-16)12-11-20(29-24)18-7-10-21-23(13-18)27-15-26-21/h5-13,16,20,22,24-25H,1-4,14-15H2. The smallest absolute Gasteiger partial charge is 0.231 e. The fourth-order valence-electron chi connectivity index (χ4n) is 4.42.